The van der Waals surface area contributed by atoms with E-state index in [1.807, 2.05) is 12.3 Å². The van der Waals surface area contributed by atoms with Crippen LogP contribution in [0.4, 0.5) is 4.39 Å². The smallest absolute Gasteiger partial charge is 0.176 e. The van der Waals surface area contributed by atoms with Crippen LogP contribution in [0, 0.1) is 17.1 Å². The summed E-state index contributed by atoms with van der Waals surface area (Å²) in [6.45, 7) is 0.807. The van der Waals surface area contributed by atoms with Crippen molar-refractivity contribution in [2.24, 2.45) is 0 Å². The van der Waals surface area contributed by atoms with Crippen molar-refractivity contribution in [3.8, 4) is 6.07 Å². The van der Waals surface area contributed by atoms with Gasteiger partial charge in [-0.1, -0.05) is 25.3 Å². The molecule has 1 saturated carbocycles. The molecule has 2 aromatic heterocycles. The Labute approximate surface area is 172 Å². The summed E-state index contributed by atoms with van der Waals surface area (Å²) in [6.07, 6.45) is 14.3. The van der Waals surface area contributed by atoms with Gasteiger partial charge in [-0.3, -0.25) is 4.98 Å². The van der Waals surface area contributed by atoms with Gasteiger partial charge in [0, 0.05) is 30.1 Å². The summed E-state index contributed by atoms with van der Waals surface area (Å²) >= 11 is 0. The van der Waals surface area contributed by atoms with Gasteiger partial charge < -0.3 is 4.74 Å². The highest BCUT2D eigenvalue weighted by atomic mass is 19.1. The van der Waals surface area contributed by atoms with E-state index >= 15 is 0 Å². The first-order valence-corrected chi connectivity index (χ1v) is 10.7. The standard InChI is InChI=1S/C24H28FN3O/c25-20-15-19(17-28-21(20)16-26)7-1-3-9-23(22-8-2-6-13-27-22)12-14-29-24(18-23)10-4-5-11-24/h2,6,8,13,15,17H,1,3-5,7,9-12,14,18H2/t23-/m1/s1. The highest BCUT2D eigenvalue weighted by Gasteiger charge is 2.48. The lowest BCUT2D eigenvalue weighted by Crippen LogP contribution is -2.46. The number of unbranched alkanes of at least 4 members (excludes halogenated alkanes) is 1. The van der Waals surface area contributed by atoms with Gasteiger partial charge in [0.2, 0.25) is 0 Å². The van der Waals surface area contributed by atoms with Crippen molar-refractivity contribution >= 4 is 0 Å². The van der Waals surface area contributed by atoms with Crippen LogP contribution in [0.1, 0.15) is 74.7 Å². The third kappa shape index (κ3) is 4.33. The molecule has 3 heterocycles. The van der Waals surface area contributed by atoms with Crippen LogP contribution in [0.25, 0.3) is 0 Å². The van der Waals surface area contributed by atoms with Gasteiger partial charge in [-0.2, -0.15) is 5.26 Å². The Kier molecular flexibility index (Phi) is 5.91. The summed E-state index contributed by atoms with van der Waals surface area (Å²) in [5.74, 6) is -0.525. The molecule has 1 atom stereocenters. The van der Waals surface area contributed by atoms with Gasteiger partial charge in [0.05, 0.1) is 5.60 Å². The first-order valence-electron chi connectivity index (χ1n) is 10.7. The first kappa shape index (κ1) is 20.0. The number of ether oxygens (including phenoxy) is 1. The van der Waals surface area contributed by atoms with Crippen LogP contribution in [-0.4, -0.2) is 22.2 Å². The summed E-state index contributed by atoms with van der Waals surface area (Å²) in [5.41, 5.74) is 2.02. The summed E-state index contributed by atoms with van der Waals surface area (Å²) in [6, 6.07) is 9.47. The lowest BCUT2D eigenvalue weighted by atomic mass is 9.67. The average Bonchev–Trinajstić information content (AvgIpc) is 3.19. The average molecular weight is 394 g/mol. The molecule has 5 heteroatoms. The molecule has 152 valence electrons. The van der Waals surface area contributed by atoms with Gasteiger partial charge in [-0.15, -0.1) is 0 Å². The minimum atomic E-state index is -0.525. The molecule has 4 nitrogen and oxygen atoms in total. The van der Waals surface area contributed by atoms with Crippen molar-refractivity contribution in [3.05, 3.63) is 59.4 Å². The molecule has 2 aromatic rings. The molecule has 29 heavy (non-hydrogen) atoms. The van der Waals surface area contributed by atoms with Crippen molar-refractivity contribution in [1.82, 2.24) is 9.97 Å². The summed E-state index contributed by atoms with van der Waals surface area (Å²) in [7, 11) is 0. The normalized spacial score (nSPS) is 23.2. The van der Waals surface area contributed by atoms with Gasteiger partial charge in [-0.05, 0) is 68.7 Å². The van der Waals surface area contributed by atoms with Gasteiger partial charge in [0.25, 0.3) is 0 Å². The van der Waals surface area contributed by atoms with Crippen LogP contribution in [0.3, 0.4) is 0 Å². The molecule has 2 aliphatic rings. The van der Waals surface area contributed by atoms with Crippen LogP contribution < -0.4 is 0 Å². The minimum Gasteiger partial charge on any atom is -0.375 e. The quantitative estimate of drug-likeness (QED) is 0.628. The molecule has 0 N–H and O–H groups in total. The second-order valence-electron chi connectivity index (χ2n) is 8.65. The fraction of sp³-hybridized carbons (Fsp3) is 0.542. The predicted octanol–water partition coefficient (Wildman–Crippen LogP) is 5.26. The third-order valence-electron chi connectivity index (χ3n) is 6.75. The number of aryl methyl sites for hydroxylation is 1. The molecule has 0 unspecified atom stereocenters. The van der Waals surface area contributed by atoms with E-state index in [0.29, 0.717) is 0 Å². The molecule has 4 rings (SSSR count). The fourth-order valence-corrected chi connectivity index (χ4v) is 5.29. The SMILES string of the molecule is N#Cc1ncc(CCCC[C@@]2(c3ccccn3)CCOC3(CCCC3)C2)cc1F. The van der Waals surface area contributed by atoms with Crippen molar-refractivity contribution in [3.63, 3.8) is 0 Å². The number of aromatic nitrogens is 2. The molecule has 0 bridgehead atoms. The van der Waals surface area contributed by atoms with E-state index < -0.39 is 5.82 Å². The Hall–Kier alpha value is -2.32. The van der Waals surface area contributed by atoms with Crippen LogP contribution >= 0.6 is 0 Å². The van der Waals surface area contributed by atoms with Crippen molar-refractivity contribution < 1.29 is 9.13 Å². The Bertz CT molecular complexity index is 873. The fourth-order valence-electron chi connectivity index (χ4n) is 5.29. The number of rotatable bonds is 6. The van der Waals surface area contributed by atoms with E-state index in [9.17, 15) is 4.39 Å². The van der Waals surface area contributed by atoms with Gasteiger partial charge in [0.1, 0.15) is 6.07 Å². The molecular weight excluding hydrogens is 365 g/mol. The maximum Gasteiger partial charge on any atom is 0.176 e. The second-order valence-corrected chi connectivity index (χ2v) is 8.65. The van der Waals surface area contributed by atoms with E-state index in [1.165, 1.54) is 24.6 Å². The molecule has 0 amide bonds. The maximum atomic E-state index is 13.8. The highest BCUT2D eigenvalue weighted by Crippen LogP contribution is 2.50. The lowest BCUT2D eigenvalue weighted by Gasteiger charge is -2.46. The number of nitrogens with zero attached hydrogens (tertiary/aromatic N) is 3. The van der Waals surface area contributed by atoms with E-state index in [2.05, 4.69) is 17.1 Å². The Morgan fingerprint density at radius 3 is 2.72 bits per heavy atom. The van der Waals surface area contributed by atoms with Crippen LogP contribution in [0.2, 0.25) is 0 Å². The van der Waals surface area contributed by atoms with Crippen LogP contribution in [0.5, 0.6) is 0 Å². The van der Waals surface area contributed by atoms with Crippen LogP contribution in [0.15, 0.2) is 36.7 Å². The summed E-state index contributed by atoms with van der Waals surface area (Å²) in [4.78, 5) is 8.66. The maximum absolute atomic E-state index is 13.8. The zero-order valence-electron chi connectivity index (χ0n) is 16.9. The number of pyridine rings is 2. The third-order valence-corrected chi connectivity index (χ3v) is 6.75. The molecule has 1 aliphatic carbocycles. The summed E-state index contributed by atoms with van der Waals surface area (Å²) < 4.78 is 20.1. The Morgan fingerprint density at radius 2 is 2.00 bits per heavy atom. The lowest BCUT2D eigenvalue weighted by molar-refractivity contribution is -0.104. The Balaban J connectivity index is 1.44. The van der Waals surface area contributed by atoms with E-state index in [-0.39, 0.29) is 16.7 Å². The topological polar surface area (TPSA) is 58.8 Å². The predicted molar refractivity (Wildman–Crippen MR) is 109 cm³/mol. The number of hydrogen-bond donors (Lipinski definition) is 0. The summed E-state index contributed by atoms with van der Waals surface area (Å²) in [5, 5.41) is 8.82. The van der Waals surface area contributed by atoms with Gasteiger partial charge in [-0.25, -0.2) is 9.37 Å². The van der Waals surface area contributed by atoms with Crippen molar-refractivity contribution in [1.29, 1.82) is 5.26 Å². The molecule has 0 aromatic carbocycles. The second kappa shape index (κ2) is 8.59. The minimum absolute atomic E-state index is 0.0376. The van der Waals surface area contributed by atoms with E-state index in [0.717, 1.165) is 63.5 Å². The molecule has 0 radical (unpaired) electrons. The van der Waals surface area contributed by atoms with Crippen molar-refractivity contribution in [2.45, 2.75) is 75.2 Å². The zero-order valence-corrected chi connectivity index (χ0v) is 16.9. The van der Waals surface area contributed by atoms with E-state index in [4.69, 9.17) is 15.0 Å². The van der Waals surface area contributed by atoms with E-state index in [1.54, 1.807) is 12.3 Å². The zero-order chi connectivity index (χ0) is 20.2. The molecular formula is C24H28FN3O. The van der Waals surface area contributed by atoms with Gasteiger partial charge >= 0.3 is 0 Å². The molecule has 1 saturated heterocycles. The highest BCUT2D eigenvalue weighted by molar-refractivity contribution is 5.25. The molecule has 2 fully saturated rings. The first-order chi connectivity index (χ1) is 14.1. The van der Waals surface area contributed by atoms with Crippen LogP contribution in [-0.2, 0) is 16.6 Å². The molecule has 1 aliphatic heterocycles. The number of halogens is 1. The Morgan fingerprint density at radius 1 is 1.14 bits per heavy atom. The molecule has 1 spiro atoms. The van der Waals surface area contributed by atoms with Gasteiger partial charge in [0.15, 0.2) is 11.5 Å². The largest absolute Gasteiger partial charge is 0.375 e. The number of nitriles is 1. The number of hydrogen-bond acceptors (Lipinski definition) is 4. The van der Waals surface area contributed by atoms with Crippen molar-refractivity contribution in [2.75, 3.05) is 6.61 Å². The monoisotopic (exact) mass is 393 g/mol.